The Balaban J connectivity index is 1.72. The molecule has 0 spiro atoms. The van der Waals surface area contributed by atoms with Crippen molar-refractivity contribution in [2.75, 3.05) is 17.7 Å². The standard InChI is InChI=1S/C12H14N4O2/c13-9-1-3-10(4-2-9)18-8-6-12(17)15-11-5-7-14-16-11/h1-5,7H,6,8,13H2,(H2,14,15,16,17). The fraction of sp³-hybridized carbons (Fsp3) is 0.167. The third kappa shape index (κ3) is 3.51. The number of rotatable bonds is 5. The second kappa shape index (κ2) is 5.72. The molecule has 0 bridgehead atoms. The summed E-state index contributed by atoms with van der Waals surface area (Å²) in [7, 11) is 0. The molecule has 2 aromatic rings. The smallest absolute Gasteiger partial charge is 0.228 e. The van der Waals surface area contributed by atoms with Gasteiger partial charge in [0.05, 0.1) is 19.2 Å². The molecule has 1 heterocycles. The van der Waals surface area contributed by atoms with Crippen molar-refractivity contribution < 1.29 is 9.53 Å². The van der Waals surface area contributed by atoms with E-state index in [2.05, 4.69) is 15.5 Å². The Morgan fingerprint density at radius 2 is 2.11 bits per heavy atom. The summed E-state index contributed by atoms with van der Waals surface area (Å²) in [5.74, 6) is 1.14. The summed E-state index contributed by atoms with van der Waals surface area (Å²) in [6, 6.07) is 8.71. The van der Waals surface area contributed by atoms with Gasteiger partial charge in [0.1, 0.15) is 11.6 Å². The molecule has 4 N–H and O–H groups in total. The van der Waals surface area contributed by atoms with Gasteiger partial charge in [0, 0.05) is 11.8 Å². The number of anilines is 2. The molecule has 1 aromatic carbocycles. The Morgan fingerprint density at radius 3 is 2.78 bits per heavy atom. The first-order valence-electron chi connectivity index (χ1n) is 5.51. The van der Waals surface area contributed by atoms with E-state index in [1.807, 2.05) is 0 Å². The van der Waals surface area contributed by atoms with Crippen LogP contribution in [0.3, 0.4) is 0 Å². The fourth-order valence-corrected chi connectivity index (χ4v) is 1.36. The van der Waals surface area contributed by atoms with Crippen molar-refractivity contribution in [2.24, 2.45) is 0 Å². The molecular weight excluding hydrogens is 232 g/mol. The van der Waals surface area contributed by atoms with E-state index in [-0.39, 0.29) is 12.3 Å². The molecule has 0 aliphatic rings. The second-order valence-corrected chi connectivity index (χ2v) is 3.69. The molecule has 1 aromatic heterocycles. The van der Waals surface area contributed by atoms with Gasteiger partial charge in [0.25, 0.3) is 0 Å². The summed E-state index contributed by atoms with van der Waals surface area (Å²) in [6.45, 7) is 0.309. The molecule has 0 aliphatic carbocycles. The number of aromatic nitrogens is 2. The molecule has 0 atom stereocenters. The van der Waals surface area contributed by atoms with Crippen molar-refractivity contribution in [3.63, 3.8) is 0 Å². The number of amides is 1. The Bertz CT molecular complexity index is 493. The number of carbonyl (C=O) groups is 1. The molecular formula is C12H14N4O2. The van der Waals surface area contributed by atoms with E-state index in [1.54, 1.807) is 36.5 Å². The number of ether oxygens (including phenoxy) is 1. The Kier molecular flexibility index (Phi) is 3.80. The summed E-state index contributed by atoms with van der Waals surface area (Å²) in [4.78, 5) is 11.5. The molecule has 0 unspecified atom stereocenters. The highest BCUT2D eigenvalue weighted by molar-refractivity contribution is 5.89. The van der Waals surface area contributed by atoms with E-state index in [9.17, 15) is 4.79 Å². The predicted octanol–water partition coefficient (Wildman–Crippen LogP) is 1.40. The summed E-state index contributed by atoms with van der Waals surface area (Å²) in [5, 5.41) is 9.03. The lowest BCUT2D eigenvalue weighted by Gasteiger charge is -2.06. The topological polar surface area (TPSA) is 93.0 Å². The first kappa shape index (κ1) is 12.0. The first-order chi connectivity index (χ1) is 8.74. The van der Waals surface area contributed by atoms with Gasteiger partial charge in [-0.05, 0) is 24.3 Å². The molecule has 0 aliphatic heterocycles. The lowest BCUT2D eigenvalue weighted by Crippen LogP contribution is -2.15. The Hall–Kier alpha value is -2.50. The molecule has 0 fully saturated rings. The van der Waals surface area contributed by atoms with Crippen LogP contribution < -0.4 is 15.8 Å². The average molecular weight is 246 g/mol. The van der Waals surface area contributed by atoms with Crippen LogP contribution in [0.5, 0.6) is 5.75 Å². The van der Waals surface area contributed by atoms with Crippen molar-refractivity contribution in [3.05, 3.63) is 36.5 Å². The number of hydrogen-bond acceptors (Lipinski definition) is 4. The minimum absolute atomic E-state index is 0.130. The molecule has 94 valence electrons. The van der Waals surface area contributed by atoms with Gasteiger partial charge in [0.15, 0.2) is 0 Å². The molecule has 6 nitrogen and oxygen atoms in total. The summed E-state index contributed by atoms with van der Waals surface area (Å²) in [5.41, 5.74) is 6.23. The van der Waals surface area contributed by atoms with Crippen LogP contribution in [0.1, 0.15) is 6.42 Å². The Morgan fingerprint density at radius 1 is 1.33 bits per heavy atom. The van der Waals surface area contributed by atoms with Gasteiger partial charge in [-0.2, -0.15) is 5.10 Å². The number of nitrogen functional groups attached to an aromatic ring is 1. The third-order valence-electron chi connectivity index (χ3n) is 2.25. The number of benzene rings is 1. The van der Waals surface area contributed by atoms with Crippen molar-refractivity contribution in [3.8, 4) is 5.75 Å². The highest BCUT2D eigenvalue weighted by atomic mass is 16.5. The largest absolute Gasteiger partial charge is 0.493 e. The molecule has 1 amide bonds. The minimum atomic E-state index is -0.130. The van der Waals surface area contributed by atoms with Crippen molar-refractivity contribution in [1.29, 1.82) is 0 Å². The zero-order chi connectivity index (χ0) is 12.8. The van der Waals surface area contributed by atoms with E-state index in [0.29, 0.717) is 23.9 Å². The number of nitrogens with two attached hydrogens (primary N) is 1. The fourth-order valence-electron chi connectivity index (χ4n) is 1.36. The maximum absolute atomic E-state index is 11.5. The second-order valence-electron chi connectivity index (χ2n) is 3.69. The van der Waals surface area contributed by atoms with Crippen molar-refractivity contribution >= 4 is 17.4 Å². The molecule has 0 saturated carbocycles. The number of nitrogens with zero attached hydrogens (tertiary/aromatic N) is 1. The van der Waals surface area contributed by atoms with Gasteiger partial charge in [-0.15, -0.1) is 0 Å². The van der Waals surface area contributed by atoms with Crippen LogP contribution in [-0.4, -0.2) is 22.7 Å². The number of nitrogens with one attached hydrogen (secondary N) is 2. The third-order valence-corrected chi connectivity index (χ3v) is 2.25. The zero-order valence-electron chi connectivity index (χ0n) is 9.72. The van der Waals surface area contributed by atoms with E-state index in [1.165, 1.54) is 0 Å². The SMILES string of the molecule is Nc1ccc(OCCC(=O)Nc2ccn[nH]2)cc1. The maximum atomic E-state index is 11.5. The Labute approximate surface area is 104 Å². The molecule has 0 saturated heterocycles. The van der Waals surface area contributed by atoms with Crippen LogP contribution in [0, 0.1) is 0 Å². The van der Waals surface area contributed by atoms with Gasteiger partial charge in [-0.25, -0.2) is 0 Å². The molecule has 6 heteroatoms. The van der Waals surface area contributed by atoms with Crippen LogP contribution in [0.15, 0.2) is 36.5 Å². The predicted molar refractivity (Wildman–Crippen MR) is 68.2 cm³/mol. The van der Waals surface area contributed by atoms with Crippen LogP contribution in [-0.2, 0) is 4.79 Å². The normalized spacial score (nSPS) is 10.0. The summed E-state index contributed by atoms with van der Waals surface area (Å²) in [6.07, 6.45) is 1.84. The van der Waals surface area contributed by atoms with Gasteiger partial charge < -0.3 is 15.8 Å². The number of aromatic amines is 1. The molecule has 2 rings (SSSR count). The van der Waals surface area contributed by atoms with Gasteiger partial charge in [0.2, 0.25) is 5.91 Å². The number of H-pyrrole nitrogens is 1. The maximum Gasteiger partial charge on any atom is 0.228 e. The van der Waals surface area contributed by atoms with Gasteiger partial charge >= 0.3 is 0 Å². The van der Waals surface area contributed by atoms with Gasteiger partial charge in [-0.1, -0.05) is 0 Å². The van der Waals surface area contributed by atoms with Crippen LogP contribution in [0.4, 0.5) is 11.5 Å². The number of hydrogen-bond donors (Lipinski definition) is 3. The molecule has 0 radical (unpaired) electrons. The minimum Gasteiger partial charge on any atom is -0.493 e. The molecule has 18 heavy (non-hydrogen) atoms. The average Bonchev–Trinajstić information content (AvgIpc) is 2.84. The van der Waals surface area contributed by atoms with Crippen LogP contribution >= 0.6 is 0 Å². The highest BCUT2D eigenvalue weighted by Crippen LogP contribution is 2.13. The van der Waals surface area contributed by atoms with Crippen molar-refractivity contribution in [2.45, 2.75) is 6.42 Å². The number of carbonyl (C=O) groups excluding carboxylic acids is 1. The summed E-state index contributed by atoms with van der Waals surface area (Å²) < 4.78 is 5.41. The van der Waals surface area contributed by atoms with E-state index >= 15 is 0 Å². The van der Waals surface area contributed by atoms with E-state index in [4.69, 9.17) is 10.5 Å². The van der Waals surface area contributed by atoms with Crippen molar-refractivity contribution in [1.82, 2.24) is 10.2 Å². The van der Waals surface area contributed by atoms with E-state index in [0.717, 1.165) is 0 Å². The monoisotopic (exact) mass is 246 g/mol. The van der Waals surface area contributed by atoms with Crippen LogP contribution in [0.2, 0.25) is 0 Å². The summed E-state index contributed by atoms with van der Waals surface area (Å²) >= 11 is 0. The lowest BCUT2D eigenvalue weighted by atomic mass is 10.3. The van der Waals surface area contributed by atoms with E-state index < -0.39 is 0 Å². The van der Waals surface area contributed by atoms with Crippen LogP contribution in [0.25, 0.3) is 0 Å². The lowest BCUT2D eigenvalue weighted by molar-refractivity contribution is -0.116. The zero-order valence-corrected chi connectivity index (χ0v) is 9.72. The highest BCUT2D eigenvalue weighted by Gasteiger charge is 2.03. The quantitative estimate of drug-likeness (QED) is 0.695. The van der Waals surface area contributed by atoms with Gasteiger partial charge in [-0.3, -0.25) is 9.89 Å². The first-order valence-corrected chi connectivity index (χ1v) is 5.51.